The second kappa shape index (κ2) is 5.23. The lowest BCUT2D eigenvalue weighted by atomic mass is 10.2. The van der Waals surface area contributed by atoms with Gasteiger partial charge in [-0.15, -0.1) is 0 Å². The summed E-state index contributed by atoms with van der Waals surface area (Å²) in [6.07, 6.45) is -3.04. The van der Waals surface area contributed by atoms with Crippen molar-refractivity contribution in [1.82, 2.24) is 0 Å². The number of ether oxygens (including phenoxy) is 1. The molecule has 16 heavy (non-hydrogen) atoms. The third-order valence-corrected chi connectivity index (χ3v) is 2.11. The van der Waals surface area contributed by atoms with E-state index in [0.717, 1.165) is 18.6 Å². The van der Waals surface area contributed by atoms with Crippen LogP contribution in [0.4, 0.5) is 13.2 Å². The Balaban J connectivity index is 2.75. The molecule has 0 amide bonds. The molecule has 1 nitrogen and oxygen atoms in total. The van der Waals surface area contributed by atoms with E-state index in [1.54, 1.807) is 0 Å². The van der Waals surface area contributed by atoms with Gasteiger partial charge in [0.15, 0.2) is 0 Å². The van der Waals surface area contributed by atoms with Crippen molar-refractivity contribution in [3.63, 3.8) is 0 Å². The summed E-state index contributed by atoms with van der Waals surface area (Å²) >= 11 is 0. The average Bonchev–Trinajstić information content (AvgIpc) is 2.17. The van der Waals surface area contributed by atoms with E-state index in [-0.39, 0.29) is 11.9 Å². The van der Waals surface area contributed by atoms with Crippen LogP contribution in [0, 0.1) is 6.92 Å². The van der Waals surface area contributed by atoms with Crippen molar-refractivity contribution in [3.05, 3.63) is 36.8 Å². The molecule has 0 spiro atoms. The lowest BCUT2D eigenvalue weighted by molar-refractivity contribution is -0.137. The summed E-state index contributed by atoms with van der Waals surface area (Å²) in [6, 6.07) is 4.91. The highest BCUT2D eigenvalue weighted by Crippen LogP contribution is 2.31. The molecule has 1 rings (SSSR count). The van der Waals surface area contributed by atoms with E-state index in [4.69, 9.17) is 4.74 Å². The van der Waals surface area contributed by atoms with Crippen molar-refractivity contribution >= 4 is 0 Å². The quantitative estimate of drug-likeness (QED) is 0.758. The van der Waals surface area contributed by atoms with E-state index >= 15 is 0 Å². The van der Waals surface area contributed by atoms with Gasteiger partial charge in [-0.3, -0.25) is 0 Å². The molecule has 0 saturated heterocycles. The van der Waals surface area contributed by atoms with Gasteiger partial charge in [0.05, 0.1) is 11.7 Å². The first kappa shape index (κ1) is 12.9. The first-order valence-electron chi connectivity index (χ1n) is 5.06. The van der Waals surface area contributed by atoms with E-state index in [0.29, 0.717) is 6.42 Å². The number of alkyl halides is 3. The largest absolute Gasteiger partial charge is 0.491 e. The molecule has 0 bridgehead atoms. The maximum absolute atomic E-state index is 12.4. The van der Waals surface area contributed by atoms with Crippen LogP contribution in [0.25, 0.3) is 0 Å². The van der Waals surface area contributed by atoms with Gasteiger partial charge in [0.1, 0.15) is 5.75 Å². The van der Waals surface area contributed by atoms with Crippen LogP contribution in [-0.2, 0) is 6.18 Å². The maximum atomic E-state index is 12.4. The molecule has 0 aliphatic rings. The standard InChI is InChI=1S/C12H14F3O/c1-3-5-9(2)16-11-7-4-6-10(8-11)12(13,14)15/h4,6-9H,1,3,5H2,2H3. The molecule has 0 aromatic heterocycles. The third-order valence-electron chi connectivity index (χ3n) is 2.11. The zero-order valence-corrected chi connectivity index (χ0v) is 9.05. The Labute approximate surface area is 93.2 Å². The molecule has 0 aliphatic heterocycles. The number of hydrogen-bond acceptors (Lipinski definition) is 1. The van der Waals surface area contributed by atoms with Crippen molar-refractivity contribution in [2.75, 3.05) is 0 Å². The normalized spacial score (nSPS) is 13.6. The topological polar surface area (TPSA) is 9.23 Å². The van der Waals surface area contributed by atoms with Gasteiger partial charge in [0.25, 0.3) is 0 Å². The van der Waals surface area contributed by atoms with E-state index in [2.05, 4.69) is 6.92 Å². The van der Waals surface area contributed by atoms with Crippen LogP contribution in [0.1, 0.15) is 25.3 Å². The highest BCUT2D eigenvalue weighted by atomic mass is 19.4. The fraction of sp³-hybridized carbons (Fsp3) is 0.417. The lowest BCUT2D eigenvalue weighted by Gasteiger charge is -2.15. The fourth-order valence-electron chi connectivity index (χ4n) is 1.32. The lowest BCUT2D eigenvalue weighted by Crippen LogP contribution is -2.12. The van der Waals surface area contributed by atoms with E-state index in [1.807, 2.05) is 6.92 Å². The Morgan fingerprint density at radius 1 is 1.38 bits per heavy atom. The van der Waals surface area contributed by atoms with Gasteiger partial charge >= 0.3 is 6.18 Å². The first-order chi connectivity index (χ1) is 7.43. The minimum absolute atomic E-state index is 0.124. The monoisotopic (exact) mass is 231 g/mol. The predicted octanol–water partition coefficient (Wildman–Crippen LogP) is 4.09. The highest BCUT2D eigenvalue weighted by Gasteiger charge is 2.30. The predicted molar refractivity (Wildman–Crippen MR) is 56.1 cm³/mol. The van der Waals surface area contributed by atoms with Crippen LogP contribution in [-0.4, -0.2) is 6.10 Å². The summed E-state index contributed by atoms with van der Waals surface area (Å²) in [5.74, 6) is 0.246. The number of halogens is 3. The van der Waals surface area contributed by atoms with E-state index in [1.165, 1.54) is 12.1 Å². The van der Waals surface area contributed by atoms with Crippen molar-refractivity contribution in [2.24, 2.45) is 0 Å². The molecule has 0 saturated carbocycles. The Kier molecular flexibility index (Phi) is 4.21. The van der Waals surface area contributed by atoms with Crippen LogP contribution >= 0.6 is 0 Å². The van der Waals surface area contributed by atoms with Crippen LogP contribution in [0.2, 0.25) is 0 Å². The van der Waals surface area contributed by atoms with Crippen molar-refractivity contribution in [2.45, 2.75) is 32.0 Å². The molecule has 1 radical (unpaired) electrons. The molecule has 0 aliphatic carbocycles. The second-order valence-electron chi connectivity index (χ2n) is 3.60. The minimum atomic E-state index is -4.32. The van der Waals surface area contributed by atoms with Gasteiger partial charge in [0, 0.05) is 0 Å². The van der Waals surface area contributed by atoms with E-state index < -0.39 is 11.7 Å². The van der Waals surface area contributed by atoms with Crippen LogP contribution in [0.15, 0.2) is 24.3 Å². The molecule has 0 fully saturated rings. The average molecular weight is 231 g/mol. The molecule has 1 aromatic rings. The molecular weight excluding hydrogens is 217 g/mol. The summed E-state index contributed by atoms with van der Waals surface area (Å²) in [7, 11) is 0. The molecule has 0 N–H and O–H groups in total. The van der Waals surface area contributed by atoms with E-state index in [9.17, 15) is 13.2 Å². The smallest absolute Gasteiger partial charge is 0.416 e. The number of hydrogen-bond donors (Lipinski definition) is 0. The van der Waals surface area contributed by atoms with Gasteiger partial charge in [0.2, 0.25) is 0 Å². The van der Waals surface area contributed by atoms with Gasteiger partial charge < -0.3 is 4.74 Å². The van der Waals surface area contributed by atoms with Crippen LogP contribution in [0.5, 0.6) is 5.75 Å². The SMILES string of the molecule is [CH2]CCC(C)Oc1cccc(C(F)(F)F)c1. The summed E-state index contributed by atoms with van der Waals surface area (Å²) in [4.78, 5) is 0. The van der Waals surface area contributed by atoms with Crippen LogP contribution < -0.4 is 4.74 Å². The van der Waals surface area contributed by atoms with Crippen LogP contribution in [0.3, 0.4) is 0 Å². The number of benzene rings is 1. The zero-order valence-electron chi connectivity index (χ0n) is 9.05. The fourth-order valence-corrected chi connectivity index (χ4v) is 1.32. The highest BCUT2D eigenvalue weighted by molar-refractivity contribution is 5.30. The molecule has 1 atom stereocenters. The Morgan fingerprint density at radius 3 is 2.62 bits per heavy atom. The van der Waals surface area contributed by atoms with Gasteiger partial charge in [-0.1, -0.05) is 13.0 Å². The zero-order chi connectivity index (χ0) is 12.2. The van der Waals surface area contributed by atoms with Gasteiger partial charge in [-0.2, -0.15) is 13.2 Å². The number of rotatable bonds is 4. The van der Waals surface area contributed by atoms with Gasteiger partial charge in [-0.05, 0) is 38.0 Å². The molecule has 89 valence electrons. The summed E-state index contributed by atoms with van der Waals surface area (Å²) in [6.45, 7) is 5.48. The molecule has 1 unspecified atom stereocenters. The molecule has 4 heteroatoms. The summed E-state index contributed by atoms with van der Waals surface area (Å²) in [5, 5.41) is 0. The second-order valence-corrected chi connectivity index (χ2v) is 3.60. The minimum Gasteiger partial charge on any atom is -0.491 e. The molecular formula is C12H14F3O. The Bertz CT molecular complexity index is 333. The third kappa shape index (κ3) is 3.76. The van der Waals surface area contributed by atoms with Crippen molar-refractivity contribution in [1.29, 1.82) is 0 Å². The molecule has 0 heterocycles. The van der Waals surface area contributed by atoms with Crippen molar-refractivity contribution in [3.8, 4) is 5.75 Å². The summed E-state index contributed by atoms with van der Waals surface area (Å²) in [5.41, 5.74) is -0.688. The van der Waals surface area contributed by atoms with Crippen molar-refractivity contribution < 1.29 is 17.9 Å². The Morgan fingerprint density at radius 2 is 2.06 bits per heavy atom. The van der Waals surface area contributed by atoms with Gasteiger partial charge in [-0.25, -0.2) is 0 Å². The summed E-state index contributed by atoms with van der Waals surface area (Å²) < 4.78 is 42.5. The first-order valence-corrected chi connectivity index (χ1v) is 5.06. The molecule has 1 aromatic carbocycles. The maximum Gasteiger partial charge on any atom is 0.416 e. The Hall–Kier alpha value is -1.19.